The topological polar surface area (TPSA) is 79.0 Å². The van der Waals surface area contributed by atoms with E-state index in [0.717, 1.165) is 63.9 Å². The lowest BCUT2D eigenvalue weighted by atomic mass is 10.2. The number of halogens is 2. The van der Waals surface area contributed by atoms with Crippen LogP contribution in [-0.4, -0.2) is 77.9 Å². The Kier molecular flexibility index (Phi) is 8.72. The van der Waals surface area contributed by atoms with E-state index < -0.39 is 0 Å². The quantitative estimate of drug-likeness (QED) is 0.351. The molecule has 1 unspecified atom stereocenters. The van der Waals surface area contributed by atoms with Crippen LogP contribution in [0, 0.1) is 0 Å². The molecule has 2 aliphatic rings. The number of likely N-dealkylation sites (tertiary alicyclic amines) is 1. The van der Waals surface area contributed by atoms with Gasteiger partial charge in [-0.1, -0.05) is 28.9 Å². The number of benzene rings is 1. The zero-order chi connectivity index (χ0) is 20.1. The van der Waals surface area contributed by atoms with E-state index in [2.05, 4.69) is 32.2 Å². The van der Waals surface area contributed by atoms with Crippen LogP contribution in [0.5, 0.6) is 0 Å². The Morgan fingerprint density at radius 1 is 1.30 bits per heavy atom. The molecule has 0 spiro atoms. The molecule has 2 aromatic rings. The smallest absolute Gasteiger partial charge is 0.248 e. The second kappa shape index (κ2) is 11.3. The molecular formula is C20H28ClIN6O2. The molecule has 3 heterocycles. The van der Waals surface area contributed by atoms with Crippen molar-refractivity contribution in [1.29, 1.82) is 0 Å². The van der Waals surface area contributed by atoms with E-state index >= 15 is 0 Å². The van der Waals surface area contributed by atoms with Crippen molar-refractivity contribution in [2.75, 3.05) is 45.9 Å². The second-order valence-corrected chi connectivity index (χ2v) is 7.67. The predicted octanol–water partition coefficient (Wildman–Crippen LogP) is 2.88. The highest BCUT2D eigenvalue weighted by Crippen LogP contribution is 2.20. The molecule has 1 N–H and O–H groups in total. The monoisotopic (exact) mass is 546 g/mol. The Morgan fingerprint density at radius 3 is 2.90 bits per heavy atom. The molecule has 2 saturated heterocycles. The predicted molar refractivity (Wildman–Crippen MR) is 127 cm³/mol. The average Bonchev–Trinajstić information content (AvgIpc) is 3.42. The normalized spacial score (nSPS) is 20.3. The summed E-state index contributed by atoms with van der Waals surface area (Å²) in [5, 5.41) is 8.09. The fraction of sp³-hybridized carbons (Fsp3) is 0.550. The standard InChI is InChI=1S/C20H27ClN6O2.HI/c1-2-22-20(27-7-6-17(14-27)26-8-10-28-11-9-26)23-13-18-24-19(25-29-18)15-4-3-5-16(21)12-15;/h3-5,12,17H,2,6-11,13-14H2,1H3,(H,22,23);1H. The summed E-state index contributed by atoms with van der Waals surface area (Å²) in [5.41, 5.74) is 0.830. The number of guanidine groups is 1. The number of aromatic nitrogens is 2. The fourth-order valence-corrected chi connectivity index (χ4v) is 4.00. The van der Waals surface area contributed by atoms with Crippen LogP contribution in [0.4, 0.5) is 0 Å². The Labute approximate surface area is 199 Å². The van der Waals surface area contributed by atoms with Crippen LogP contribution in [0.2, 0.25) is 5.02 Å². The third-order valence-corrected chi connectivity index (χ3v) is 5.51. The average molecular weight is 547 g/mol. The van der Waals surface area contributed by atoms with E-state index in [4.69, 9.17) is 25.9 Å². The van der Waals surface area contributed by atoms with E-state index in [0.29, 0.717) is 29.3 Å². The highest BCUT2D eigenvalue weighted by atomic mass is 127. The van der Waals surface area contributed by atoms with Gasteiger partial charge in [0.05, 0.1) is 13.2 Å². The summed E-state index contributed by atoms with van der Waals surface area (Å²) in [6, 6.07) is 7.97. The third kappa shape index (κ3) is 5.83. The van der Waals surface area contributed by atoms with Gasteiger partial charge in [-0.05, 0) is 25.5 Å². The molecule has 4 rings (SSSR count). The fourth-order valence-electron chi connectivity index (χ4n) is 3.81. The van der Waals surface area contributed by atoms with Crippen LogP contribution >= 0.6 is 35.6 Å². The number of rotatable bonds is 5. The molecule has 2 aliphatic heterocycles. The molecule has 10 heteroatoms. The van der Waals surface area contributed by atoms with Crippen LogP contribution in [0.3, 0.4) is 0 Å². The van der Waals surface area contributed by atoms with Crippen molar-refractivity contribution < 1.29 is 9.26 Å². The maximum atomic E-state index is 6.05. The Balaban J connectivity index is 0.00000256. The van der Waals surface area contributed by atoms with E-state index in [1.54, 1.807) is 0 Å². The number of ether oxygens (including phenoxy) is 1. The van der Waals surface area contributed by atoms with Gasteiger partial charge < -0.3 is 19.5 Å². The number of hydrogen-bond acceptors (Lipinski definition) is 6. The second-order valence-electron chi connectivity index (χ2n) is 7.23. The number of hydrogen-bond donors (Lipinski definition) is 1. The molecule has 1 aromatic heterocycles. The van der Waals surface area contributed by atoms with E-state index in [9.17, 15) is 0 Å². The lowest BCUT2D eigenvalue weighted by Gasteiger charge is -2.32. The van der Waals surface area contributed by atoms with Gasteiger partial charge in [0.15, 0.2) is 5.96 Å². The van der Waals surface area contributed by atoms with Crippen LogP contribution in [0.1, 0.15) is 19.2 Å². The first kappa shape index (κ1) is 23.2. The Morgan fingerprint density at radius 2 is 2.13 bits per heavy atom. The number of nitrogens with zero attached hydrogens (tertiary/aromatic N) is 5. The van der Waals surface area contributed by atoms with Crippen molar-refractivity contribution in [2.45, 2.75) is 25.9 Å². The minimum Gasteiger partial charge on any atom is -0.379 e. The Bertz CT molecular complexity index is 842. The first-order valence-electron chi connectivity index (χ1n) is 10.2. The largest absolute Gasteiger partial charge is 0.379 e. The molecule has 0 bridgehead atoms. The van der Waals surface area contributed by atoms with Crippen molar-refractivity contribution in [3.8, 4) is 11.4 Å². The molecule has 0 amide bonds. The molecule has 0 aliphatic carbocycles. The summed E-state index contributed by atoms with van der Waals surface area (Å²) in [6.45, 7) is 8.89. The molecule has 164 valence electrons. The Hall–Kier alpha value is -1.43. The molecule has 2 fully saturated rings. The summed E-state index contributed by atoms with van der Waals surface area (Å²) in [4.78, 5) is 14.0. The maximum absolute atomic E-state index is 6.05. The minimum absolute atomic E-state index is 0. The molecule has 0 saturated carbocycles. The lowest BCUT2D eigenvalue weighted by molar-refractivity contribution is 0.0195. The van der Waals surface area contributed by atoms with Crippen LogP contribution in [0.25, 0.3) is 11.4 Å². The van der Waals surface area contributed by atoms with Gasteiger partial charge in [0, 0.05) is 49.4 Å². The van der Waals surface area contributed by atoms with E-state index in [-0.39, 0.29) is 24.0 Å². The van der Waals surface area contributed by atoms with Crippen LogP contribution < -0.4 is 5.32 Å². The van der Waals surface area contributed by atoms with Crippen molar-refractivity contribution in [3.05, 3.63) is 35.2 Å². The number of nitrogens with one attached hydrogen (secondary N) is 1. The molecule has 0 radical (unpaired) electrons. The van der Waals surface area contributed by atoms with Gasteiger partial charge in [0.1, 0.15) is 6.54 Å². The van der Waals surface area contributed by atoms with Crippen molar-refractivity contribution in [1.82, 2.24) is 25.3 Å². The van der Waals surface area contributed by atoms with Crippen LogP contribution in [0.15, 0.2) is 33.8 Å². The molecule has 1 aromatic carbocycles. The molecular weight excluding hydrogens is 519 g/mol. The van der Waals surface area contributed by atoms with Gasteiger partial charge in [-0.3, -0.25) is 4.90 Å². The van der Waals surface area contributed by atoms with Gasteiger partial charge in [-0.25, -0.2) is 4.99 Å². The van der Waals surface area contributed by atoms with Crippen molar-refractivity contribution >= 4 is 41.5 Å². The van der Waals surface area contributed by atoms with Gasteiger partial charge in [0.25, 0.3) is 0 Å². The van der Waals surface area contributed by atoms with Gasteiger partial charge >= 0.3 is 0 Å². The maximum Gasteiger partial charge on any atom is 0.248 e. The zero-order valence-electron chi connectivity index (χ0n) is 17.1. The molecule has 30 heavy (non-hydrogen) atoms. The first-order valence-corrected chi connectivity index (χ1v) is 10.5. The van der Waals surface area contributed by atoms with Gasteiger partial charge in [-0.2, -0.15) is 4.98 Å². The minimum atomic E-state index is 0. The summed E-state index contributed by atoms with van der Waals surface area (Å²) < 4.78 is 10.9. The summed E-state index contributed by atoms with van der Waals surface area (Å²) in [7, 11) is 0. The number of aliphatic imine (C=N–C) groups is 1. The SMILES string of the molecule is CCNC(=NCc1nc(-c2cccc(Cl)c2)no1)N1CCC(N2CCOCC2)C1.I. The highest BCUT2D eigenvalue weighted by molar-refractivity contribution is 14.0. The van der Waals surface area contributed by atoms with Crippen LogP contribution in [-0.2, 0) is 11.3 Å². The molecule has 8 nitrogen and oxygen atoms in total. The third-order valence-electron chi connectivity index (χ3n) is 5.27. The summed E-state index contributed by atoms with van der Waals surface area (Å²) in [5.74, 6) is 1.90. The van der Waals surface area contributed by atoms with Crippen molar-refractivity contribution in [3.63, 3.8) is 0 Å². The van der Waals surface area contributed by atoms with Gasteiger partial charge in [-0.15, -0.1) is 24.0 Å². The molecule has 1 atom stereocenters. The zero-order valence-corrected chi connectivity index (χ0v) is 20.2. The van der Waals surface area contributed by atoms with E-state index in [1.807, 2.05) is 24.3 Å². The first-order chi connectivity index (χ1) is 14.2. The van der Waals surface area contributed by atoms with E-state index in [1.165, 1.54) is 0 Å². The summed E-state index contributed by atoms with van der Waals surface area (Å²) in [6.07, 6.45) is 1.14. The number of morpholine rings is 1. The lowest BCUT2D eigenvalue weighted by Crippen LogP contribution is -2.46. The van der Waals surface area contributed by atoms with Gasteiger partial charge in [0.2, 0.25) is 11.7 Å². The van der Waals surface area contributed by atoms with Crippen molar-refractivity contribution in [2.24, 2.45) is 4.99 Å². The highest BCUT2D eigenvalue weighted by Gasteiger charge is 2.30. The summed E-state index contributed by atoms with van der Waals surface area (Å²) >= 11 is 6.05.